The first-order valence-corrected chi connectivity index (χ1v) is 9.51. The van der Waals surface area contributed by atoms with Crippen LogP contribution in [0.1, 0.15) is 35.7 Å². The van der Waals surface area contributed by atoms with Gasteiger partial charge in [-0.3, -0.25) is 0 Å². The molecular weight excluding hydrogens is 356 g/mol. The van der Waals surface area contributed by atoms with Crippen LogP contribution in [0.25, 0.3) is 5.82 Å². The Labute approximate surface area is 163 Å². The minimum absolute atomic E-state index is 0.237. The third kappa shape index (κ3) is 2.97. The molecule has 0 amide bonds. The van der Waals surface area contributed by atoms with Crippen LogP contribution >= 0.6 is 0 Å². The third-order valence-corrected chi connectivity index (χ3v) is 5.32. The van der Waals surface area contributed by atoms with Gasteiger partial charge in [-0.2, -0.15) is 5.10 Å². The minimum Gasteiger partial charge on any atom is -0.493 e. The molecule has 7 heteroatoms. The summed E-state index contributed by atoms with van der Waals surface area (Å²) in [5, 5.41) is 8.28. The van der Waals surface area contributed by atoms with Crippen molar-refractivity contribution in [1.29, 1.82) is 0 Å². The van der Waals surface area contributed by atoms with Crippen LogP contribution in [0.15, 0.2) is 42.7 Å². The Kier molecular flexibility index (Phi) is 4.37. The first-order valence-electron chi connectivity index (χ1n) is 9.51. The number of nitrogens with one attached hydrogen (secondary N) is 1. The van der Waals surface area contributed by atoms with E-state index in [1.807, 2.05) is 41.2 Å². The molecule has 0 saturated carbocycles. The number of benzene rings is 1. The van der Waals surface area contributed by atoms with Crippen molar-refractivity contribution >= 4 is 0 Å². The van der Waals surface area contributed by atoms with Crippen LogP contribution < -0.4 is 19.5 Å². The molecule has 3 heterocycles. The lowest BCUT2D eigenvalue weighted by molar-refractivity contribution is 0.171. The Balaban J connectivity index is 1.37. The van der Waals surface area contributed by atoms with E-state index in [2.05, 4.69) is 15.4 Å². The second-order valence-corrected chi connectivity index (χ2v) is 7.00. The first-order chi connectivity index (χ1) is 13.8. The van der Waals surface area contributed by atoms with Gasteiger partial charge in [0.15, 0.2) is 17.3 Å². The van der Waals surface area contributed by atoms with E-state index in [1.54, 1.807) is 13.3 Å². The van der Waals surface area contributed by atoms with Gasteiger partial charge in [0.25, 0.3) is 0 Å². The highest BCUT2D eigenvalue weighted by molar-refractivity contribution is 5.55. The fourth-order valence-electron chi connectivity index (χ4n) is 3.97. The Morgan fingerprint density at radius 2 is 2.25 bits per heavy atom. The summed E-state index contributed by atoms with van der Waals surface area (Å²) in [4.78, 5) is 4.44. The molecule has 0 fully saturated rings. The molecule has 0 unspecified atom stereocenters. The predicted molar refractivity (Wildman–Crippen MR) is 103 cm³/mol. The van der Waals surface area contributed by atoms with Gasteiger partial charge in [0.1, 0.15) is 0 Å². The van der Waals surface area contributed by atoms with Crippen molar-refractivity contribution in [1.82, 2.24) is 20.1 Å². The number of methoxy groups -OCH3 is 1. The van der Waals surface area contributed by atoms with Crippen LogP contribution in [0, 0.1) is 0 Å². The van der Waals surface area contributed by atoms with Gasteiger partial charge in [-0.15, -0.1) is 0 Å². The Morgan fingerprint density at radius 1 is 1.29 bits per heavy atom. The average Bonchev–Trinajstić information content (AvgIpc) is 3.39. The monoisotopic (exact) mass is 378 g/mol. The van der Waals surface area contributed by atoms with Crippen molar-refractivity contribution in [2.24, 2.45) is 0 Å². The molecule has 0 saturated heterocycles. The summed E-state index contributed by atoms with van der Waals surface area (Å²) in [7, 11) is 1.65. The highest BCUT2D eigenvalue weighted by Gasteiger charge is 2.25. The number of hydrogen-bond acceptors (Lipinski definition) is 6. The maximum absolute atomic E-state index is 5.53. The Morgan fingerprint density at radius 3 is 3.11 bits per heavy atom. The fraction of sp³-hybridized carbons (Fsp3) is 0.333. The predicted octanol–water partition coefficient (Wildman–Crippen LogP) is 3.17. The summed E-state index contributed by atoms with van der Waals surface area (Å²) in [6.07, 6.45) is 6.99. The van der Waals surface area contributed by atoms with Gasteiger partial charge in [0, 0.05) is 24.3 Å². The number of aromatic nitrogens is 3. The van der Waals surface area contributed by atoms with E-state index in [4.69, 9.17) is 14.2 Å². The quantitative estimate of drug-likeness (QED) is 0.735. The molecule has 1 atom stereocenters. The molecule has 0 bridgehead atoms. The number of hydrogen-bond donors (Lipinski definition) is 1. The molecule has 7 nitrogen and oxygen atoms in total. The van der Waals surface area contributed by atoms with Gasteiger partial charge in [0.05, 0.1) is 19.0 Å². The Bertz CT molecular complexity index is 987. The van der Waals surface area contributed by atoms with Gasteiger partial charge < -0.3 is 19.5 Å². The van der Waals surface area contributed by atoms with Gasteiger partial charge in [0.2, 0.25) is 12.5 Å². The maximum Gasteiger partial charge on any atom is 0.231 e. The molecule has 0 spiro atoms. The second kappa shape index (κ2) is 7.16. The van der Waals surface area contributed by atoms with Crippen molar-refractivity contribution in [3.8, 4) is 23.1 Å². The summed E-state index contributed by atoms with van der Waals surface area (Å²) in [5.41, 5.74) is 3.60. The maximum atomic E-state index is 5.53. The van der Waals surface area contributed by atoms with Crippen molar-refractivity contribution in [2.75, 3.05) is 13.9 Å². The van der Waals surface area contributed by atoms with Crippen LogP contribution in [0.2, 0.25) is 0 Å². The zero-order valence-corrected chi connectivity index (χ0v) is 15.7. The normalized spacial score (nSPS) is 17.4. The molecule has 2 aromatic heterocycles. The van der Waals surface area contributed by atoms with E-state index in [-0.39, 0.29) is 12.8 Å². The largest absolute Gasteiger partial charge is 0.493 e. The van der Waals surface area contributed by atoms with Gasteiger partial charge in [-0.1, -0.05) is 6.07 Å². The molecule has 5 rings (SSSR count). The molecule has 3 aromatic rings. The molecule has 1 aliphatic heterocycles. The van der Waals surface area contributed by atoms with Crippen molar-refractivity contribution in [3.63, 3.8) is 0 Å². The minimum atomic E-state index is 0.237. The molecule has 144 valence electrons. The van der Waals surface area contributed by atoms with Crippen LogP contribution in [0.3, 0.4) is 0 Å². The van der Waals surface area contributed by atoms with E-state index in [0.717, 1.165) is 36.4 Å². The molecule has 1 aromatic carbocycles. The molecule has 0 radical (unpaired) electrons. The van der Waals surface area contributed by atoms with E-state index < -0.39 is 0 Å². The fourth-order valence-corrected chi connectivity index (χ4v) is 3.97. The summed E-state index contributed by atoms with van der Waals surface area (Å²) in [6.45, 7) is 0.952. The average molecular weight is 378 g/mol. The topological polar surface area (TPSA) is 70.4 Å². The molecular formula is C21H22N4O3. The molecule has 1 aliphatic carbocycles. The van der Waals surface area contributed by atoms with Crippen LogP contribution in [0.5, 0.6) is 17.2 Å². The van der Waals surface area contributed by atoms with E-state index in [0.29, 0.717) is 18.0 Å². The zero-order chi connectivity index (χ0) is 18.9. The molecule has 2 aliphatic rings. The van der Waals surface area contributed by atoms with Crippen molar-refractivity contribution in [3.05, 3.63) is 59.5 Å². The lowest BCUT2D eigenvalue weighted by atomic mass is 9.92. The number of rotatable bonds is 5. The molecule has 28 heavy (non-hydrogen) atoms. The first kappa shape index (κ1) is 17.1. The van der Waals surface area contributed by atoms with Crippen LogP contribution in [-0.4, -0.2) is 28.7 Å². The number of nitrogens with zero attached hydrogens (tertiary/aromatic N) is 3. The third-order valence-electron chi connectivity index (χ3n) is 5.32. The van der Waals surface area contributed by atoms with Crippen molar-refractivity contribution in [2.45, 2.75) is 31.8 Å². The number of fused-ring (bicyclic) bond motifs is 2. The lowest BCUT2D eigenvalue weighted by Crippen LogP contribution is -2.25. The summed E-state index contributed by atoms with van der Waals surface area (Å²) in [5.74, 6) is 3.00. The second-order valence-electron chi connectivity index (χ2n) is 7.00. The van der Waals surface area contributed by atoms with E-state index in [9.17, 15) is 0 Å². The van der Waals surface area contributed by atoms with Gasteiger partial charge >= 0.3 is 0 Å². The van der Waals surface area contributed by atoms with Crippen LogP contribution in [-0.2, 0) is 13.0 Å². The smallest absolute Gasteiger partial charge is 0.231 e. The highest BCUT2D eigenvalue weighted by atomic mass is 16.7. The van der Waals surface area contributed by atoms with Gasteiger partial charge in [-0.25, -0.2) is 9.67 Å². The molecule has 1 N–H and O–H groups in total. The number of pyridine rings is 1. The summed E-state index contributed by atoms with van der Waals surface area (Å²) < 4.78 is 18.4. The standard InChI is InChI=1S/C21H22N4O3/c1-26-18-9-14(10-19-21(18)28-13-27-19)11-23-16-5-4-6-17-15(16)12-24-25(17)20-7-2-3-8-22-20/h2-3,7-10,12,16,23H,4-6,11,13H2,1H3/t16-/m0/s1. The Hall–Kier alpha value is -3.06. The van der Waals surface area contributed by atoms with E-state index >= 15 is 0 Å². The van der Waals surface area contributed by atoms with E-state index in [1.165, 1.54) is 11.3 Å². The zero-order valence-electron chi connectivity index (χ0n) is 15.7. The number of ether oxygens (including phenoxy) is 3. The SMILES string of the molecule is COc1cc(CN[C@H]2CCCc3c2cnn3-c2ccccn2)cc2c1OCO2. The highest BCUT2D eigenvalue weighted by Crippen LogP contribution is 2.42. The van der Waals surface area contributed by atoms with Crippen molar-refractivity contribution < 1.29 is 14.2 Å². The lowest BCUT2D eigenvalue weighted by Gasteiger charge is -2.24. The van der Waals surface area contributed by atoms with Gasteiger partial charge in [-0.05, 0) is 49.1 Å². The summed E-state index contributed by atoms with van der Waals surface area (Å²) in [6, 6.07) is 10.2. The summed E-state index contributed by atoms with van der Waals surface area (Å²) >= 11 is 0. The van der Waals surface area contributed by atoms with Crippen LogP contribution in [0.4, 0.5) is 0 Å².